The maximum Gasteiger partial charge on any atom is 0.119 e. The van der Waals surface area contributed by atoms with E-state index >= 15 is 0 Å². The SMILES string of the molecule is C#CCOCCOc1ccc(Cc2cc([C@H]3O[C@H](CO)[C@@H](O)[C@H](O)[C@H]3O)ccc2Cl)cc1. The number of aliphatic hydroxyl groups excluding tert-OH is 4. The van der Waals surface area contributed by atoms with Crippen LogP contribution in [0.2, 0.25) is 5.02 Å². The number of aliphatic hydroxyl groups is 4. The second-order valence-electron chi connectivity index (χ2n) is 7.53. The summed E-state index contributed by atoms with van der Waals surface area (Å²) in [5, 5.41) is 40.4. The molecule has 0 amide bonds. The number of benzene rings is 2. The summed E-state index contributed by atoms with van der Waals surface area (Å²) < 4.78 is 16.4. The maximum absolute atomic E-state index is 10.4. The molecule has 2 aromatic carbocycles. The summed E-state index contributed by atoms with van der Waals surface area (Å²) in [5.41, 5.74) is 2.39. The molecule has 8 heteroatoms. The second kappa shape index (κ2) is 11.6. The van der Waals surface area contributed by atoms with Crippen molar-refractivity contribution in [3.8, 4) is 18.1 Å². The largest absolute Gasteiger partial charge is 0.491 e. The van der Waals surface area contributed by atoms with Crippen LogP contribution in [-0.4, -0.2) is 71.3 Å². The minimum Gasteiger partial charge on any atom is -0.491 e. The fraction of sp³-hybridized carbons (Fsp3) is 0.417. The molecule has 172 valence electrons. The standard InChI is InChI=1S/C24H27ClO7/c1-2-9-30-10-11-31-18-6-3-15(4-7-18)12-17-13-16(5-8-19(17)25)24-23(29)22(28)21(27)20(14-26)32-24/h1,3-8,13,20-24,26-29H,9-12,14H2/t20-,21-,22+,23-,24-/m1/s1. The molecule has 1 saturated heterocycles. The Hall–Kier alpha value is -2.15. The fourth-order valence-corrected chi connectivity index (χ4v) is 3.74. The third-order valence-corrected chi connectivity index (χ3v) is 5.66. The molecule has 1 aliphatic rings. The summed E-state index contributed by atoms with van der Waals surface area (Å²) in [4.78, 5) is 0. The van der Waals surface area contributed by atoms with Gasteiger partial charge in [-0.15, -0.1) is 6.42 Å². The van der Waals surface area contributed by atoms with Crippen molar-refractivity contribution in [2.24, 2.45) is 0 Å². The van der Waals surface area contributed by atoms with Gasteiger partial charge in [0, 0.05) is 5.02 Å². The molecule has 5 atom stereocenters. The van der Waals surface area contributed by atoms with E-state index < -0.39 is 37.1 Å². The van der Waals surface area contributed by atoms with E-state index in [-0.39, 0.29) is 6.61 Å². The number of halogens is 1. The van der Waals surface area contributed by atoms with Gasteiger partial charge in [0.15, 0.2) is 0 Å². The van der Waals surface area contributed by atoms with E-state index in [1.807, 2.05) is 24.3 Å². The number of rotatable bonds is 9. The van der Waals surface area contributed by atoms with E-state index in [9.17, 15) is 20.4 Å². The van der Waals surface area contributed by atoms with Crippen molar-refractivity contribution in [3.05, 3.63) is 64.2 Å². The fourth-order valence-electron chi connectivity index (χ4n) is 3.56. The van der Waals surface area contributed by atoms with Crippen LogP contribution in [-0.2, 0) is 15.9 Å². The Kier molecular flexibility index (Phi) is 8.91. The Morgan fingerprint density at radius 3 is 2.44 bits per heavy atom. The van der Waals surface area contributed by atoms with E-state index in [1.54, 1.807) is 18.2 Å². The van der Waals surface area contributed by atoms with Crippen LogP contribution in [0.15, 0.2) is 42.5 Å². The highest BCUT2D eigenvalue weighted by atomic mass is 35.5. The molecule has 1 aliphatic heterocycles. The predicted octanol–water partition coefficient (Wildman–Crippen LogP) is 1.47. The van der Waals surface area contributed by atoms with Crippen molar-refractivity contribution in [1.82, 2.24) is 0 Å². The molecule has 7 nitrogen and oxygen atoms in total. The molecule has 0 spiro atoms. The maximum atomic E-state index is 10.4. The molecule has 0 bridgehead atoms. The molecule has 0 aromatic heterocycles. The Morgan fingerprint density at radius 1 is 1.00 bits per heavy atom. The Labute approximate surface area is 192 Å². The van der Waals surface area contributed by atoms with Gasteiger partial charge in [0.2, 0.25) is 0 Å². The summed E-state index contributed by atoms with van der Waals surface area (Å²) in [6.45, 7) is 0.581. The zero-order valence-electron chi connectivity index (χ0n) is 17.4. The summed E-state index contributed by atoms with van der Waals surface area (Å²) in [6, 6.07) is 12.7. The van der Waals surface area contributed by atoms with Crippen LogP contribution >= 0.6 is 11.6 Å². The molecular formula is C24H27ClO7. The first kappa shape index (κ1) is 24.5. The molecule has 0 aliphatic carbocycles. The molecule has 2 aromatic rings. The van der Waals surface area contributed by atoms with Gasteiger partial charge in [-0.25, -0.2) is 0 Å². The quantitative estimate of drug-likeness (QED) is 0.330. The van der Waals surface area contributed by atoms with Gasteiger partial charge in [-0.3, -0.25) is 0 Å². The van der Waals surface area contributed by atoms with Crippen molar-refractivity contribution in [3.63, 3.8) is 0 Å². The summed E-state index contributed by atoms with van der Waals surface area (Å²) in [6.07, 6.45) is -0.417. The van der Waals surface area contributed by atoms with Crippen molar-refractivity contribution in [2.75, 3.05) is 26.4 Å². The lowest BCUT2D eigenvalue weighted by molar-refractivity contribution is -0.231. The van der Waals surface area contributed by atoms with Crippen LogP contribution in [0.1, 0.15) is 22.8 Å². The van der Waals surface area contributed by atoms with Gasteiger partial charge >= 0.3 is 0 Å². The van der Waals surface area contributed by atoms with E-state index in [4.69, 9.17) is 32.2 Å². The Balaban J connectivity index is 1.68. The van der Waals surface area contributed by atoms with Crippen LogP contribution in [0.3, 0.4) is 0 Å². The van der Waals surface area contributed by atoms with Gasteiger partial charge in [0.25, 0.3) is 0 Å². The van der Waals surface area contributed by atoms with Crippen molar-refractivity contribution < 1.29 is 34.6 Å². The molecule has 0 radical (unpaired) electrons. The van der Waals surface area contributed by atoms with E-state index in [2.05, 4.69) is 5.92 Å². The summed E-state index contributed by atoms with van der Waals surface area (Å²) in [7, 11) is 0. The van der Waals surface area contributed by atoms with Gasteiger partial charge in [-0.2, -0.15) is 0 Å². The first-order chi connectivity index (χ1) is 15.4. The van der Waals surface area contributed by atoms with Gasteiger partial charge in [-0.1, -0.05) is 41.8 Å². The molecular weight excluding hydrogens is 436 g/mol. The summed E-state index contributed by atoms with van der Waals surface area (Å²) >= 11 is 6.39. The summed E-state index contributed by atoms with van der Waals surface area (Å²) in [5.74, 6) is 3.10. The molecule has 1 fully saturated rings. The molecule has 0 unspecified atom stereocenters. The van der Waals surface area contributed by atoms with E-state index in [0.717, 1.165) is 11.1 Å². The molecule has 1 heterocycles. The average molecular weight is 463 g/mol. The predicted molar refractivity (Wildman–Crippen MR) is 119 cm³/mol. The minimum absolute atomic E-state index is 0.255. The highest BCUT2D eigenvalue weighted by Gasteiger charge is 2.44. The molecule has 4 N–H and O–H groups in total. The third-order valence-electron chi connectivity index (χ3n) is 5.29. The Bertz CT molecular complexity index is 910. The average Bonchev–Trinajstić information content (AvgIpc) is 2.80. The topological polar surface area (TPSA) is 109 Å². The van der Waals surface area contributed by atoms with Gasteiger partial charge in [0.1, 0.15) is 49.5 Å². The minimum atomic E-state index is -1.44. The highest BCUT2D eigenvalue weighted by molar-refractivity contribution is 6.31. The highest BCUT2D eigenvalue weighted by Crippen LogP contribution is 2.34. The first-order valence-electron chi connectivity index (χ1n) is 10.3. The Morgan fingerprint density at radius 2 is 1.75 bits per heavy atom. The zero-order chi connectivity index (χ0) is 23.1. The monoisotopic (exact) mass is 462 g/mol. The lowest BCUT2D eigenvalue weighted by Crippen LogP contribution is -2.55. The second-order valence-corrected chi connectivity index (χ2v) is 7.93. The van der Waals surface area contributed by atoms with Crippen LogP contribution in [0, 0.1) is 12.3 Å². The number of terminal acetylenes is 1. The van der Waals surface area contributed by atoms with Crippen LogP contribution in [0.25, 0.3) is 0 Å². The number of ether oxygens (including phenoxy) is 3. The van der Waals surface area contributed by atoms with Crippen LogP contribution < -0.4 is 4.74 Å². The number of hydrogen-bond acceptors (Lipinski definition) is 7. The van der Waals surface area contributed by atoms with Gasteiger partial charge in [0.05, 0.1) is 13.2 Å². The molecule has 3 rings (SSSR count). The van der Waals surface area contributed by atoms with Crippen molar-refractivity contribution in [1.29, 1.82) is 0 Å². The molecule has 0 saturated carbocycles. The van der Waals surface area contributed by atoms with Crippen molar-refractivity contribution >= 4 is 11.6 Å². The van der Waals surface area contributed by atoms with Crippen LogP contribution in [0.4, 0.5) is 0 Å². The van der Waals surface area contributed by atoms with Gasteiger partial charge in [-0.05, 0) is 41.3 Å². The van der Waals surface area contributed by atoms with E-state index in [1.165, 1.54) is 0 Å². The third kappa shape index (κ3) is 6.00. The van der Waals surface area contributed by atoms with E-state index in [0.29, 0.717) is 36.0 Å². The zero-order valence-corrected chi connectivity index (χ0v) is 18.2. The van der Waals surface area contributed by atoms with Crippen LogP contribution in [0.5, 0.6) is 5.75 Å². The van der Waals surface area contributed by atoms with Gasteiger partial charge < -0.3 is 34.6 Å². The first-order valence-corrected chi connectivity index (χ1v) is 10.6. The lowest BCUT2D eigenvalue weighted by atomic mass is 9.90. The van der Waals surface area contributed by atoms with Crippen molar-refractivity contribution in [2.45, 2.75) is 36.9 Å². The normalized spacial score (nSPS) is 25.3. The molecule has 32 heavy (non-hydrogen) atoms. The number of hydrogen-bond donors (Lipinski definition) is 4. The lowest BCUT2D eigenvalue weighted by Gasteiger charge is -2.40. The smallest absolute Gasteiger partial charge is 0.119 e.